The van der Waals surface area contributed by atoms with Gasteiger partial charge in [0.05, 0.1) is 6.42 Å². The Hall–Kier alpha value is -1.87. The number of carboxylic acid groups (broad SMARTS) is 1. The molecule has 21 heavy (non-hydrogen) atoms. The van der Waals surface area contributed by atoms with E-state index in [1.165, 1.54) is 16.3 Å². The monoisotopic (exact) mass is 283 g/mol. The Morgan fingerprint density at radius 1 is 1.10 bits per heavy atom. The first-order valence-corrected chi connectivity index (χ1v) is 7.66. The topological polar surface area (TPSA) is 40.5 Å². The summed E-state index contributed by atoms with van der Waals surface area (Å²) >= 11 is 0. The second-order valence-corrected chi connectivity index (χ2v) is 5.83. The van der Waals surface area contributed by atoms with Gasteiger partial charge in [-0.3, -0.25) is 4.79 Å². The van der Waals surface area contributed by atoms with E-state index in [9.17, 15) is 4.79 Å². The SMILES string of the molecule is O=C(O)CCN1CCC(c2cccc3ccccc23)CC1. The normalized spacial score (nSPS) is 17.1. The van der Waals surface area contributed by atoms with Gasteiger partial charge in [0, 0.05) is 6.54 Å². The largest absolute Gasteiger partial charge is 0.481 e. The second-order valence-electron chi connectivity index (χ2n) is 5.83. The Morgan fingerprint density at radius 3 is 2.57 bits per heavy atom. The van der Waals surface area contributed by atoms with E-state index in [4.69, 9.17) is 5.11 Å². The van der Waals surface area contributed by atoms with Crippen molar-refractivity contribution in [2.45, 2.75) is 25.2 Å². The number of hydrogen-bond donors (Lipinski definition) is 1. The summed E-state index contributed by atoms with van der Waals surface area (Å²) in [5.74, 6) is -0.108. The highest BCUT2D eigenvalue weighted by molar-refractivity contribution is 5.86. The Bertz CT molecular complexity index is 625. The van der Waals surface area contributed by atoms with Crippen LogP contribution in [0.4, 0.5) is 0 Å². The van der Waals surface area contributed by atoms with Gasteiger partial charge in [-0.1, -0.05) is 42.5 Å². The Labute approximate surface area is 125 Å². The summed E-state index contributed by atoms with van der Waals surface area (Å²) in [6.07, 6.45) is 2.49. The van der Waals surface area contributed by atoms with Crippen LogP contribution in [0.15, 0.2) is 42.5 Å². The van der Waals surface area contributed by atoms with E-state index in [1.54, 1.807) is 0 Å². The number of nitrogens with zero attached hydrogens (tertiary/aromatic N) is 1. The molecular weight excluding hydrogens is 262 g/mol. The van der Waals surface area contributed by atoms with Crippen molar-refractivity contribution >= 4 is 16.7 Å². The van der Waals surface area contributed by atoms with Gasteiger partial charge in [0.2, 0.25) is 0 Å². The molecular formula is C18H21NO2. The molecule has 1 N–H and O–H groups in total. The van der Waals surface area contributed by atoms with E-state index < -0.39 is 5.97 Å². The van der Waals surface area contributed by atoms with E-state index in [0.29, 0.717) is 12.5 Å². The van der Waals surface area contributed by atoms with Gasteiger partial charge >= 0.3 is 5.97 Å². The van der Waals surface area contributed by atoms with Gasteiger partial charge in [-0.25, -0.2) is 0 Å². The van der Waals surface area contributed by atoms with Crippen LogP contribution in [0.1, 0.15) is 30.7 Å². The van der Waals surface area contributed by atoms with E-state index in [-0.39, 0.29) is 6.42 Å². The fourth-order valence-corrected chi connectivity index (χ4v) is 3.33. The third-order valence-electron chi connectivity index (χ3n) is 4.49. The number of piperidine rings is 1. The molecule has 3 rings (SSSR count). The zero-order valence-corrected chi connectivity index (χ0v) is 12.2. The molecule has 0 amide bonds. The number of likely N-dealkylation sites (tertiary alicyclic amines) is 1. The summed E-state index contributed by atoms with van der Waals surface area (Å²) < 4.78 is 0. The fourth-order valence-electron chi connectivity index (χ4n) is 3.33. The second kappa shape index (κ2) is 6.27. The van der Waals surface area contributed by atoms with Gasteiger partial charge in [-0.15, -0.1) is 0 Å². The lowest BCUT2D eigenvalue weighted by atomic mass is 9.86. The van der Waals surface area contributed by atoms with Crippen LogP contribution in [0, 0.1) is 0 Å². The maximum Gasteiger partial charge on any atom is 0.304 e. The Kier molecular flexibility index (Phi) is 4.20. The molecule has 1 aliphatic rings. The summed E-state index contributed by atoms with van der Waals surface area (Å²) in [5, 5.41) is 11.4. The highest BCUT2D eigenvalue weighted by Crippen LogP contribution is 2.32. The number of benzene rings is 2. The summed E-state index contributed by atoms with van der Waals surface area (Å²) in [6.45, 7) is 2.68. The smallest absolute Gasteiger partial charge is 0.304 e. The minimum Gasteiger partial charge on any atom is -0.481 e. The van der Waals surface area contributed by atoms with Crippen LogP contribution in [0.2, 0.25) is 0 Å². The number of aliphatic carboxylic acids is 1. The molecule has 2 aromatic rings. The minimum absolute atomic E-state index is 0.249. The first-order chi connectivity index (χ1) is 10.2. The number of carbonyl (C=O) groups is 1. The van der Waals surface area contributed by atoms with Gasteiger partial charge in [-0.05, 0) is 48.2 Å². The summed E-state index contributed by atoms with van der Waals surface area (Å²) in [5.41, 5.74) is 1.45. The highest BCUT2D eigenvalue weighted by atomic mass is 16.4. The van der Waals surface area contributed by atoms with Crippen LogP contribution >= 0.6 is 0 Å². The van der Waals surface area contributed by atoms with Crippen molar-refractivity contribution in [1.29, 1.82) is 0 Å². The van der Waals surface area contributed by atoms with Crippen LogP contribution < -0.4 is 0 Å². The maximum absolute atomic E-state index is 10.6. The standard InChI is InChI=1S/C18H21NO2/c20-18(21)10-13-19-11-8-15(9-12-19)17-7-3-5-14-4-1-2-6-16(14)17/h1-7,15H,8-13H2,(H,20,21). The molecule has 2 aromatic carbocycles. The van der Waals surface area contributed by atoms with Crippen molar-refractivity contribution in [1.82, 2.24) is 4.90 Å². The van der Waals surface area contributed by atoms with E-state index in [2.05, 4.69) is 47.4 Å². The highest BCUT2D eigenvalue weighted by Gasteiger charge is 2.21. The molecule has 1 aliphatic heterocycles. The third kappa shape index (κ3) is 3.24. The molecule has 1 heterocycles. The molecule has 0 atom stereocenters. The Morgan fingerprint density at radius 2 is 1.81 bits per heavy atom. The van der Waals surface area contributed by atoms with Gasteiger partial charge in [0.25, 0.3) is 0 Å². The first kappa shape index (κ1) is 14.1. The third-order valence-corrected chi connectivity index (χ3v) is 4.49. The van der Waals surface area contributed by atoms with Gasteiger partial charge < -0.3 is 10.0 Å². The quantitative estimate of drug-likeness (QED) is 0.933. The Balaban J connectivity index is 1.70. The minimum atomic E-state index is -0.703. The molecule has 0 saturated carbocycles. The molecule has 0 radical (unpaired) electrons. The predicted octanol–water partition coefficient (Wildman–Crippen LogP) is 3.49. The molecule has 0 aliphatic carbocycles. The number of rotatable bonds is 4. The number of carboxylic acids is 1. The molecule has 1 fully saturated rings. The van der Waals surface area contributed by atoms with Crippen molar-refractivity contribution in [2.24, 2.45) is 0 Å². The first-order valence-electron chi connectivity index (χ1n) is 7.66. The van der Waals surface area contributed by atoms with Crippen LogP contribution in [-0.4, -0.2) is 35.6 Å². The molecule has 3 heteroatoms. The van der Waals surface area contributed by atoms with E-state index >= 15 is 0 Å². The lowest BCUT2D eigenvalue weighted by Crippen LogP contribution is -2.34. The zero-order chi connectivity index (χ0) is 14.7. The fraction of sp³-hybridized carbons (Fsp3) is 0.389. The van der Waals surface area contributed by atoms with E-state index in [1.807, 2.05) is 0 Å². The predicted molar refractivity (Wildman–Crippen MR) is 84.6 cm³/mol. The lowest BCUT2D eigenvalue weighted by molar-refractivity contribution is -0.137. The van der Waals surface area contributed by atoms with Crippen LogP contribution in [-0.2, 0) is 4.79 Å². The molecule has 0 unspecified atom stereocenters. The number of hydrogen-bond acceptors (Lipinski definition) is 2. The van der Waals surface area contributed by atoms with Crippen molar-refractivity contribution in [3.05, 3.63) is 48.0 Å². The average molecular weight is 283 g/mol. The maximum atomic E-state index is 10.6. The summed E-state index contributed by atoms with van der Waals surface area (Å²) in [7, 11) is 0. The lowest BCUT2D eigenvalue weighted by Gasteiger charge is -2.32. The molecule has 0 bridgehead atoms. The molecule has 3 nitrogen and oxygen atoms in total. The van der Waals surface area contributed by atoms with Crippen molar-refractivity contribution in [2.75, 3.05) is 19.6 Å². The summed E-state index contributed by atoms with van der Waals surface area (Å²) in [6, 6.07) is 15.1. The van der Waals surface area contributed by atoms with Crippen LogP contribution in [0.3, 0.4) is 0 Å². The van der Waals surface area contributed by atoms with Gasteiger partial charge in [0.15, 0.2) is 0 Å². The molecule has 0 aromatic heterocycles. The van der Waals surface area contributed by atoms with Crippen molar-refractivity contribution in [3.8, 4) is 0 Å². The number of fused-ring (bicyclic) bond motifs is 1. The average Bonchev–Trinajstić information content (AvgIpc) is 2.53. The summed E-state index contributed by atoms with van der Waals surface area (Å²) in [4.78, 5) is 12.9. The zero-order valence-electron chi connectivity index (χ0n) is 12.2. The van der Waals surface area contributed by atoms with Gasteiger partial charge in [-0.2, -0.15) is 0 Å². The molecule has 0 spiro atoms. The van der Waals surface area contributed by atoms with Crippen molar-refractivity contribution in [3.63, 3.8) is 0 Å². The van der Waals surface area contributed by atoms with Crippen molar-refractivity contribution < 1.29 is 9.90 Å². The van der Waals surface area contributed by atoms with Crippen LogP contribution in [0.5, 0.6) is 0 Å². The molecule has 1 saturated heterocycles. The van der Waals surface area contributed by atoms with Crippen LogP contribution in [0.25, 0.3) is 10.8 Å². The molecule has 110 valence electrons. The van der Waals surface area contributed by atoms with E-state index in [0.717, 1.165) is 25.9 Å². The van der Waals surface area contributed by atoms with Gasteiger partial charge in [0.1, 0.15) is 0 Å².